The van der Waals surface area contributed by atoms with Gasteiger partial charge >= 0.3 is 0 Å². The Labute approximate surface area is 127 Å². The van der Waals surface area contributed by atoms with Gasteiger partial charge in [-0.15, -0.1) is 0 Å². The van der Waals surface area contributed by atoms with Crippen LogP contribution in [0, 0.1) is 0 Å². The van der Waals surface area contributed by atoms with E-state index in [1.165, 1.54) is 40.8 Å². The third kappa shape index (κ3) is 4.01. The smallest absolute Gasteiger partial charge is 0.00979 e. The van der Waals surface area contributed by atoms with Crippen LogP contribution in [0.3, 0.4) is 0 Å². The van der Waals surface area contributed by atoms with Gasteiger partial charge in [-0.1, -0.05) is 68.3 Å². The van der Waals surface area contributed by atoms with Crippen molar-refractivity contribution in [2.45, 2.75) is 26.2 Å². The number of thiol groups is 1. The van der Waals surface area contributed by atoms with E-state index < -0.39 is 0 Å². The van der Waals surface area contributed by atoms with Crippen LogP contribution in [0.1, 0.15) is 26.2 Å². The Bertz CT molecular complexity index is 549. The number of rotatable bonds is 3. The van der Waals surface area contributed by atoms with E-state index in [4.69, 9.17) is 0 Å². The second-order valence-electron chi connectivity index (χ2n) is 4.98. The number of unbranched alkanes of at least 4 members (excludes halogenated alkanes) is 2. The summed E-state index contributed by atoms with van der Waals surface area (Å²) in [4.78, 5) is 0. The van der Waals surface area contributed by atoms with Crippen molar-refractivity contribution in [3.05, 3.63) is 60.7 Å². The Morgan fingerprint density at radius 3 is 1.35 bits per heavy atom. The van der Waals surface area contributed by atoms with Crippen molar-refractivity contribution in [3.63, 3.8) is 0 Å². The highest BCUT2D eigenvalue weighted by Gasteiger charge is 1.95. The first-order valence-corrected chi connectivity index (χ1v) is 7.97. The number of fused-ring (bicyclic) bond motifs is 2. The summed E-state index contributed by atoms with van der Waals surface area (Å²) in [6.45, 7) is 2.20. The molecule has 0 N–H and O–H groups in total. The molecule has 0 aliphatic carbocycles. The topological polar surface area (TPSA) is 0 Å². The average molecular weight is 282 g/mol. The summed E-state index contributed by atoms with van der Waals surface area (Å²) in [5, 5.41) is 5.25. The van der Waals surface area contributed by atoms with E-state index in [1.54, 1.807) is 0 Å². The van der Waals surface area contributed by atoms with Crippen LogP contribution in [0.4, 0.5) is 0 Å². The lowest BCUT2D eigenvalue weighted by molar-refractivity contribution is 0.780. The molecule has 0 atom stereocenters. The summed E-state index contributed by atoms with van der Waals surface area (Å²) in [6.07, 6.45) is 3.92. The van der Waals surface area contributed by atoms with Gasteiger partial charge in [0, 0.05) is 0 Å². The molecule has 0 aliphatic rings. The highest BCUT2D eigenvalue weighted by atomic mass is 32.1. The normalized spacial score (nSPS) is 10.3. The maximum atomic E-state index is 4.05. The van der Waals surface area contributed by atoms with Crippen molar-refractivity contribution >= 4 is 34.2 Å². The maximum absolute atomic E-state index is 4.05. The molecule has 0 radical (unpaired) electrons. The van der Waals surface area contributed by atoms with Gasteiger partial charge in [0.1, 0.15) is 0 Å². The zero-order valence-corrected chi connectivity index (χ0v) is 12.9. The quantitative estimate of drug-likeness (QED) is 0.335. The van der Waals surface area contributed by atoms with Crippen molar-refractivity contribution in [2.24, 2.45) is 0 Å². The van der Waals surface area contributed by atoms with Crippen molar-refractivity contribution in [3.8, 4) is 0 Å². The van der Waals surface area contributed by atoms with Crippen LogP contribution < -0.4 is 0 Å². The Balaban J connectivity index is 0.000000212. The van der Waals surface area contributed by atoms with Crippen molar-refractivity contribution in [1.29, 1.82) is 0 Å². The van der Waals surface area contributed by atoms with Gasteiger partial charge < -0.3 is 0 Å². The number of hydrogen-bond acceptors (Lipinski definition) is 1. The van der Waals surface area contributed by atoms with E-state index in [1.807, 2.05) is 0 Å². The molecule has 104 valence electrons. The fourth-order valence-corrected chi connectivity index (χ4v) is 2.47. The third-order valence-corrected chi connectivity index (χ3v) is 3.69. The SMILES string of the molecule is CCCCCS.c1ccc2cc3ccccc3cc2c1. The molecule has 0 aromatic heterocycles. The molecule has 0 saturated heterocycles. The highest BCUT2D eigenvalue weighted by Crippen LogP contribution is 2.21. The Hall–Kier alpha value is -1.47. The molecule has 3 aromatic rings. The van der Waals surface area contributed by atoms with Gasteiger partial charge in [-0.3, -0.25) is 0 Å². The van der Waals surface area contributed by atoms with Crippen LogP contribution >= 0.6 is 12.6 Å². The molecular formula is C19H22S. The molecule has 0 aliphatic heterocycles. The molecule has 0 amide bonds. The van der Waals surface area contributed by atoms with E-state index in [0.717, 1.165) is 5.75 Å². The monoisotopic (exact) mass is 282 g/mol. The van der Waals surface area contributed by atoms with E-state index in [2.05, 4.69) is 80.2 Å². The van der Waals surface area contributed by atoms with Gasteiger partial charge in [0.25, 0.3) is 0 Å². The van der Waals surface area contributed by atoms with E-state index in [-0.39, 0.29) is 0 Å². The first kappa shape index (κ1) is 14.9. The largest absolute Gasteiger partial charge is 0.179 e. The predicted octanol–water partition coefficient (Wildman–Crippen LogP) is 6.10. The van der Waals surface area contributed by atoms with Crippen LogP contribution in [-0.2, 0) is 0 Å². The molecule has 0 heterocycles. The van der Waals surface area contributed by atoms with Gasteiger partial charge in [-0.05, 0) is 45.9 Å². The average Bonchev–Trinajstić information content (AvgIpc) is 2.51. The fraction of sp³-hybridized carbons (Fsp3) is 0.263. The molecule has 0 unspecified atom stereocenters. The lowest BCUT2D eigenvalue weighted by atomic mass is 10.0. The second kappa shape index (κ2) is 7.96. The molecular weight excluding hydrogens is 260 g/mol. The van der Waals surface area contributed by atoms with Crippen molar-refractivity contribution in [2.75, 3.05) is 5.75 Å². The standard InChI is InChI=1S/C14H10.C5H12S/c1-2-6-12-10-14-8-4-3-7-13(14)9-11(12)5-1;1-2-3-4-5-6/h1-10H;6H,2-5H2,1H3. The van der Waals surface area contributed by atoms with Gasteiger partial charge in [-0.2, -0.15) is 12.6 Å². The van der Waals surface area contributed by atoms with Crippen molar-refractivity contribution in [1.82, 2.24) is 0 Å². The van der Waals surface area contributed by atoms with E-state index >= 15 is 0 Å². The first-order valence-electron chi connectivity index (χ1n) is 7.33. The summed E-state index contributed by atoms with van der Waals surface area (Å²) in [5.41, 5.74) is 0. The molecule has 0 bridgehead atoms. The summed E-state index contributed by atoms with van der Waals surface area (Å²) >= 11 is 4.05. The summed E-state index contributed by atoms with van der Waals surface area (Å²) < 4.78 is 0. The highest BCUT2D eigenvalue weighted by molar-refractivity contribution is 7.80. The van der Waals surface area contributed by atoms with Crippen LogP contribution in [-0.4, -0.2) is 5.75 Å². The molecule has 3 aromatic carbocycles. The Morgan fingerprint density at radius 1 is 0.700 bits per heavy atom. The van der Waals surface area contributed by atoms with Gasteiger partial charge in [0.15, 0.2) is 0 Å². The minimum absolute atomic E-state index is 1.05. The first-order chi connectivity index (χ1) is 9.85. The van der Waals surface area contributed by atoms with Crippen LogP contribution in [0.25, 0.3) is 21.5 Å². The maximum Gasteiger partial charge on any atom is -0.00979 e. The predicted molar refractivity (Wildman–Crippen MR) is 94.8 cm³/mol. The van der Waals surface area contributed by atoms with Gasteiger partial charge in [0.05, 0.1) is 0 Å². The Kier molecular flexibility index (Phi) is 5.94. The lowest BCUT2D eigenvalue weighted by Gasteiger charge is -2.00. The van der Waals surface area contributed by atoms with Crippen molar-refractivity contribution < 1.29 is 0 Å². The molecule has 0 spiro atoms. The minimum Gasteiger partial charge on any atom is -0.179 e. The van der Waals surface area contributed by atoms with Crippen LogP contribution in [0.15, 0.2) is 60.7 Å². The minimum atomic E-state index is 1.05. The lowest BCUT2D eigenvalue weighted by Crippen LogP contribution is -1.74. The van der Waals surface area contributed by atoms with E-state index in [9.17, 15) is 0 Å². The number of hydrogen-bond donors (Lipinski definition) is 1. The molecule has 20 heavy (non-hydrogen) atoms. The molecule has 0 fully saturated rings. The molecule has 1 heteroatoms. The fourth-order valence-electron chi connectivity index (χ4n) is 2.24. The Morgan fingerprint density at radius 2 is 1.10 bits per heavy atom. The second-order valence-corrected chi connectivity index (χ2v) is 5.42. The third-order valence-electron chi connectivity index (χ3n) is 3.38. The molecule has 3 rings (SSSR count). The molecule has 0 saturated carbocycles. The van der Waals surface area contributed by atoms with E-state index in [0.29, 0.717) is 0 Å². The number of benzene rings is 3. The molecule has 0 nitrogen and oxygen atoms in total. The van der Waals surface area contributed by atoms with Gasteiger partial charge in [0.2, 0.25) is 0 Å². The summed E-state index contributed by atoms with van der Waals surface area (Å²) in [7, 11) is 0. The van der Waals surface area contributed by atoms with Crippen LogP contribution in [0.2, 0.25) is 0 Å². The summed E-state index contributed by atoms with van der Waals surface area (Å²) in [6, 6.07) is 21.4. The van der Waals surface area contributed by atoms with Gasteiger partial charge in [-0.25, -0.2) is 0 Å². The summed E-state index contributed by atoms with van der Waals surface area (Å²) in [5.74, 6) is 1.05. The zero-order chi connectivity index (χ0) is 14.2. The zero-order valence-electron chi connectivity index (χ0n) is 12.0. The van der Waals surface area contributed by atoms with Crippen LogP contribution in [0.5, 0.6) is 0 Å².